The molecule has 1 aliphatic carbocycles. The van der Waals surface area contributed by atoms with Crippen molar-refractivity contribution in [3.63, 3.8) is 0 Å². The van der Waals surface area contributed by atoms with Crippen molar-refractivity contribution in [2.45, 2.75) is 62.6 Å². The van der Waals surface area contributed by atoms with E-state index in [0.717, 1.165) is 31.2 Å². The molecule has 0 aliphatic heterocycles. The molecule has 1 aromatic carbocycles. The fourth-order valence-electron chi connectivity index (χ4n) is 3.66. The second kappa shape index (κ2) is 11.0. The number of carbonyl (C=O) groups excluding carboxylic acids is 1. The number of hydrogen-bond donors (Lipinski definition) is 1. The van der Waals surface area contributed by atoms with Crippen LogP contribution in [0.1, 0.15) is 52.0 Å². The van der Waals surface area contributed by atoms with Crippen molar-refractivity contribution in [3.8, 4) is 0 Å². The van der Waals surface area contributed by atoms with Crippen LogP contribution in [0, 0.1) is 0 Å². The fraction of sp³-hybridized carbons (Fsp3) is 0.571. The van der Waals surface area contributed by atoms with Crippen molar-refractivity contribution in [2.24, 2.45) is 0 Å². The highest BCUT2D eigenvalue weighted by Gasteiger charge is 2.29. The Balaban J connectivity index is 2.02. The molecule has 8 heteroatoms. The first-order valence-electron chi connectivity index (χ1n) is 10.3. The molecule has 29 heavy (non-hydrogen) atoms. The number of hydrogen-bond acceptors (Lipinski definition) is 4. The number of sulfonamides is 1. The summed E-state index contributed by atoms with van der Waals surface area (Å²) in [5.74, 6) is 0.394. The minimum atomic E-state index is -3.48. The first-order chi connectivity index (χ1) is 13.8. The maximum atomic E-state index is 12.5. The summed E-state index contributed by atoms with van der Waals surface area (Å²) in [6.07, 6.45) is 6.95. The van der Waals surface area contributed by atoms with Crippen LogP contribution in [0.4, 0.5) is 0 Å². The van der Waals surface area contributed by atoms with E-state index in [9.17, 15) is 17.4 Å². The summed E-state index contributed by atoms with van der Waals surface area (Å²) in [5.41, 5.74) is 0.746. The molecule has 3 atom stereocenters. The number of benzene rings is 1. The van der Waals surface area contributed by atoms with Gasteiger partial charge in [0.25, 0.3) is 0 Å². The summed E-state index contributed by atoms with van der Waals surface area (Å²) in [4.78, 5) is 12.6. The molecule has 0 heterocycles. The average molecular weight is 441 g/mol. The third kappa shape index (κ3) is 6.23. The number of amides is 1. The Morgan fingerprint density at radius 1 is 1.14 bits per heavy atom. The standard InChI is InChI=1S/C21H32N2O4S2/c1-4-23(5-2)29(26,27)18-14-11-17(12-15-18)13-16-21(24)22-19-9-7-8-10-20(19)28(25)6-3/h11-16,19-20H,4-10H2,1-3H3,(H,22,24). The molecule has 0 radical (unpaired) electrons. The van der Waals surface area contributed by atoms with Gasteiger partial charge >= 0.3 is 0 Å². The van der Waals surface area contributed by atoms with Crippen molar-refractivity contribution in [1.82, 2.24) is 9.62 Å². The zero-order valence-electron chi connectivity index (χ0n) is 17.5. The molecular weight excluding hydrogens is 408 g/mol. The van der Waals surface area contributed by atoms with Crippen LogP contribution >= 0.6 is 0 Å². The van der Waals surface area contributed by atoms with Gasteiger partial charge in [0.2, 0.25) is 15.9 Å². The molecule has 6 nitrogen and oxygen atoms in total. The van der Waals surface area contributed by atoms with E-state index in [1.54, 1.807) is 30.3 Å². The molecule has 2 rings (SSSR count). The van der Waals surface area contributed by atoms with Gasteiger partial charge in [-0.05, 0) is 36.6 Å². The lowest BCUT2D eigenvalue weighted by Crippen LogP contribution is -2.46. The van der Waals surface area contributed by atoms with E-state index in [2.05, 4.69) is 5.32 Å². The van der Waals surface area contributed by atoms with E-state index in [0.29, 0.717) is 18.8 Å². The third-order valence-corrected chi connectivity index (χ3v) is 9.18. The van der Waals surface area contributed by atoms with E-state index < -0.39 is 20.8 Å². The molecule has 1 fully saturated rings. The summed E-state index contributed by atoms with van der Waals surface area (Å²) >= 11 is 0. The molecule has 0 saturated heterocycles. The molecule has 1 saturated carbocycles. The van der Waals surface area contributed by atoms with Gasteiger partial charge in [0.1, 0.15) is 0 Å². The molecule has 162 valence electrons. The predicted octanol–water partition coefficient (Wildman–Crippen LogP) is 2.93. The highest BCUT2D eigenvalue weighted by atomic mass is 32.2. The molecule has 0 aromatic heterocycles. The quantitative estimate of drug-likeness (QED) is 0.599. The number of rotatable bonds is 9. The Bertz CT molecular complexity index is 831. The average Bonchev–Trinajstić information content (AvgIpc) is 2.73. The number of nitrogens with one attached hydrogen (secondary N) is 1. The maximum Gasteiger partial charge on any atom is 0.244 e. The van der Waals surface area contributed by atoms with Crippen LogP contribution in [0.15, 0.2) is 35.2 Å². The summed E-state index contributed by atoms with van der Waals surface area (Å²) in [6, 6.07) is 6.45. The molecular formula is C21H32N2O4S2. The third-order valence-electron chi connectivity index (χ3n) is 5.30. The van der Waals surface area contributed by atoms with Crippen LogP contribution < -0.4 is 5.32 Å². The Labute approximate surface area is 177 Å². The van der Waals surface area contributed by atoms with Gasteiger partial charge in [0.05, 0.1) is 10.1 Å². The predicted molar refractivity (Wildman–Crippen MR) is 118 cm³/mol. The summed E-state index contributed by atoms with van der Waals surface area (Å²) in [6.45, 7) is 6.37. The molecule has 1 amide bonds. The van der Waals surface area contributed by atoms with Gasteiger partial charge in [0, 0.05) is 41.8 Å². The first-order valence-corrected chi connectivity index (χ1v) is 13.1. The SMILES string of the molecule is CCN(CC)S(=O)(=O)c1ccc(C=CC(=O)NC2CCCCC2S(=O)CC)cc1. The van der Waals surface area contributed by atoms with Crippen molar-refractivity contribution in [2.75, 3.05) is 18.8 Å². The van der Waals surface area contributed by atoms with Gasteiger partial charge in [-0.3, -0.25) is 9.00 Å². The van der Waals surface area contributed by atoms with Crippen LogP contribution in [0.25, 0.3) is 6.08 Å². The van der Waals surface area contributed by atoms with E-state index in [-0.39, 0.29) is 22.1 Å². The summed E-state index contributed by atoms with van der Waals surface area (Å²) in [7, 11) is -4.40. The van der Waals surface area contributed by atoms with Crippen LogP contribution in [0.3, 0.4) is 0 Å². The Hall–Kier alpha value is -1.51. The second-order valence-corrected chi connectivity index (χ2v) is 11.0. The van der Waals surface area contributed by atoms with Gasteiger partial charge in [-0.25, -0.2) is 8.42 Å². The Morgan fingerprint density at radius 2 is 1.76 bits per heavy atom. The normalized spacial score (nSPS) is 21.4. The zero-order chi connectivity index (χ0) is 21.4. The fourth-order valence-corrected chi connectivity index (χ4v) is 6.54. The van der Waals surface area contributed by atoms with Gasteiger partial charge in [-0.1, -0.05) is 45.7 Å². The molecule has 1 aliphatic rings. The Morgan fingerprint density at radius 3 is 2.34 bits per heavy atom. The molecule has 0 bridgehead atoms. The summed E-state index contributed by atoms with van der Waals surface area (Å²) < 4.78 is 38.7. The smallest absolute Gasteiger partial charge is 0.244 e. The van der Waals surface area contributed by atoms with E-state index in [1.165, 1.54) is 10.4 Å². The highest BCUT2D eigenvalue weighted by Crippen LogP contribution is 2.23. The highest BCUT2D eigenvalue weighted by molar-refractivity contribution is 7.89. The number of nitrogens with zero attached hydrogens (tertiary/aromatic N) is 1. The second-order valence-electron chi connectivity index (χ2n) is 7.10. The lowest BCUT2D eigenvalue weighted by atomic mass is 9.95. The van der Waals surface area contributed by atoms with E-state index in [1.807, 2.05) is 20.8 Å². The molecule has 0 spiro atoms. The van der Waals surface area contributed by atoms with E-state index >= 15 is 0 Å². The topological polar surface area (TPSA) is 83.6 Å². The van der Waals surface area contributed by atoms with Crippen molar-refractivity contribution in [1.29, 1.82) is 0 Å². The molecule has 1 N–H and O–H groups in total. The monoisotopic (exact) mass is 440 g/mol. The maximum absolute atomic E-state index is 12.5. The van der Waals surface area contributed by atoms with Crippen LogP contribution in [-0.4, -0.2) is 53.0 Å². The lowest BCUT2D eigenvalue weighted by Gasteiger charge is -2.31. The van der Waals surface area contributed by atoms with Gasteiger partial charge in [0.15, 0.2) is 0 Å². The first kappa shape index (κ1) is 23.8. The summed E-state index contributed by atoms with van der Waals surface area (Å²) in [5, 5.41) is 3.02. The van der Waals surface area contributed by atoms with Gasteiger partial charge in [-0.2, -0.15) is 4.31 Å². The lowest BCUT2D eigenvalue weighted by molar-refractivity contribution is -0.117. The minimum absolute atomic E-state index is 0.0238. The van der Waals surface area contributed by atoms with E-state index in [4.69, 9.17) is 0 Å². The van der Waals surface area contributed by atoms with Crippen LogP contribution in [-0.2, 0) is 25.6 Å². The van der Waals surface area contributed by atoms with Crippen molar-refractivity contribution >= 4 is 32.8 Å². The zero-order valence-corrected chi connectivity index (χ0v) is 19.1. The molecule has 3 unspecified atom stereocenters. The minimum Gasteiger partial charge on any atom is -0.349 e. The van der Waals surface area contributed by atoms with Crippen molar-refractivity contribution < 1.29 is 17.4 Å². The van der Waals surface area contributed by atoms with Gasteiger partial charge < -0.3 is 5.32 Å². The van der Waals surface area contributed by atoms with Crippen LogP contribution in [0.5, 0.6) is 0 Å². The van der Waals surface area contributed by atoms with Gasteiger partial charge in [-0.15, -0.1) is 0 Å². The van der Waals surface area contributed by atoms with Crippen LogP contribution in [0.2, 0.25) is 0 Å². The molecule has 1 aromatic rings. The number of carbonyl (C=O) groups is 1. The van der Waals surface area contributed by atoms with Crippen molar-refractivity contribution in [3.05, 3.63) is 35.9 Å². The Kier molecular flexibility index (Phi) is 9.04. The largest absolute Gasteiger partial charge is 0.349 e.